The minimum Gasteiger partial charge on any atom is -0.353 e. The normalized spacial score (nSPS) is 26.1. The Balaban J connectivity index is 2.51. The van der Waals surface area contributed by atoms with E-state index in [1.807, 2.05) is 6.92 Å². The number of rotatable bonds is 4. The molecule has 3 N–H and O–H groups in total. The lowest BCUT2D eigenvalue weighted by Crippen LogP contribution is -2.44. The molecule has 3 nitrogen and oxygen atoms in total. The van der Waals surface area contributed by atoms with Crippen LogP contribution in [-0.4, -0.2) is 18.5 Å². The Morgan fingerprint density at radius 3 is 2.75 bits per heavy atom. The van der Waals surface area contributed by atoms with Crippen LogP contribution < -0.4 is 11.1 Å². The van der Waals surface area contributed by atoms with Gasteiger partial charge in [0.05, 0.1) is 0 Å². The largest absolute Gasteiger partial charge is 0.353 e. The number of nitrogens with two attached hydrogens (primary N) is 1. The van der Waals surface area contributed by atoms with E-state index in [-0.39, 0.29) is 23.3 Å². The van der Waals surface area contributed by atoms with E-state index in [0.717, 1.165) is 19.3 Å². The zero-order valence-electron chi connectivity index (χ0n) is 10.9. The monoisotopic (exact) mass is 226 g/mol. The number of carbonyl (C=O) groups is 1. The predicted molar refractivity (Wildman–Crippen MR) is 67.0 cm³/mol. The molecule has 0 bridgehead atoms. The van der Waals surface area contributed by atoms with E-state index in [2.05, 4.69) is 19.2 Å². The maximum absolute atomic E-state index is 12.1. The first-order valence-corrected chi connectivity index (χ1v) is 6.48. The summed E-state index contributed by atoms with van der Waals surface area (Å²) in [5.41, 5.74) is 5.64. The zero-order valence-corrected chi connectivity index (χ0v) is 10.9. The number of carbonyl (C=O) groups excluding carboxylic acids is 1. The van der Waals surface area contributed by atoms with E-state index in [1.54, 1.807) is 0 Å². The van der Waals surface area contributed by atoms with Gasteiger partial charge in [-0.2, -0.15) is 0 Å². The van der Waals surface area contributed by atoms with Crippen LogP contribution in [0, 0.1) is 11.3 Å². The Bertz CT molecular complexity index is 238. The van der Waals surface area contributed by atoms with Gasteiger partial charge >= 0.3 is 0 Å². The third kappa shape index (κ3) is 3.48. The minimum atomic E-state index is 0.158. The average Bonchev–Trinajstić information content (AvgIpc) is 2.16. The number of hydrogen-bond donors (Lipinski definition) is 2. The predicted octanol–water partition coefficient (Wildman–Crippen LogP) is 2.06. The van der Waals surface area contributed by atoms with Crippen LogP contribution in [0.2, 0.25) is 0 Å². The quantitative estimate of drug-likeness (QED) is 0.771. The van der Waals surface area contributed by atoms with E-state index in [4.69, 9.17) is 5.73 Å². The summed E-state index contributed by atoms with van der Waals surface area (Å²) in [4.78, 5) is 12.1. The maximum Gasteiger partial charge on any atom is 0.223 e. The molecule has 94 valence electrons. The molecule has 3 heteroatoms. The second-order valence-electron chi connectivity index (χ2n) is 5.77. The van der Waals surface area contributed by atoms with Gasteiger partial charge in [-0.05, 0) is 38.1 Å². The highest BCUT2D eigenvalue weighted by Gasteiger charge is 2.37. The summed E-state index contributed by atoms with van der Waals surface area (Å²) in [6, 6.07) is 0.204. The van der Waals surface area contributed by atoms with Crippen LogP contribution in [0.25, 0.3) is 0 Å². The maximum atomic E-state index is 12.1. The van der Waals surface area contributed by atoms with Crippen LogP contribution in [0.4, 0.5) is 0 Å². The molecule has 2 unspecified atom stereocenters. The molecule has 1 aliphatic carbocycles. The Labute approximate surface area is 99.2 Å². The summed E-state index contributed by atoms with van der Waals surface area (Å²) in [6.07, 6.45) is 5.51. The molecular formula is C13H26N2O. The Hall–Kier alpha value is -0.570. The number of amides is 1. The summed E-state index contributed by atoms with van der Waals surface area (Å²) < 4.78 is 0. The van der Waals surface area contributed by atoms with Crippen LogP contribution in [-0.2, 0) is 4.79 Å². The summed E-state index contributed by atoms with van der Waals surface area (Å²) >= 11 is 0. The molecule has 0 aromatic heterocycles. The molecule has 1 rings (SSSR count). The molecule has 0 aromatic rings. The Morgan fingerprint density at radius 1 is 1.50 bits per heavy atom. The average molecular weight is 226 g/mol. The van der Waals surface area contributed by atoms with Crippen molar-refractivity contribution in [3.05, 3.63) is 0 Å². The minimum absolute atomic E-state index is 0.158. The van der Waals surface area contributed by atoms with Crippen LogP contribution in [0.15, 0.2) is 0 Å². The fourth-order valence-electron chi connectivity index (χ4n) is 2.65. The van der Waals surface area contributed by atoms with Crippen molar-refractivity contribution >= 4 is 5.91 Å². The first-order valence-electron chi connectivity index (χ1n) is 6.48. The van der Waals surface area contributed by atoms with Crippen LogP contribution in [0.1, 0.15) is 52.9 Å². The molecular weight excluding hydrogens is 200 g/mol. The number of hydrogen-bond acceptors (Lipinski definition) is 2. The van der Waals surface area contributed by atoms with Crippen molar-refractivity contribution in [2.24, 2.45) is 17.1 Å². The third-order valence-electron chi connectivity index (χ3n) is 3.81. The number of nitrogens with one attached hydrogen (secondary N) is 1. The van der Waals surface area contributed by atoms with Crippen molar-refractivity contribution in [1.29, 1.82) is 0 Å². The molecule has 1 fully saturated rings. The lowest BCUT2D eigenvalue weighted by Gasteiger charge is -2.38. The first-order chi connectivity index (χ1) is 7.47. The van der Waals surface area contributed by atoms with E-state index >= 15 is 0 Å². The van der Waals surface area contributed by atoms with Gasteiger partial charge in [0.1, 0.15) is 0 Å². The Morgan fingerprint density at radius 2 is 2.19 bits per heavy atom. The molecule has 0 aromatic carbocycles. The molecule has 0 aliphatic heterocycles. The topological polar surface area (TPSA) is 55.1 Å². The second kappa shape index (κ2) is 5.67. The van der Waals surface area contributed by atoms with Crippen molar-refractivity contribution in [2.45, 2.75) is 58.9 Å². The summed E-state index contributed by atoms with van der Waals surface area (Å²) in [7, 11) is 0. The zero-order chi connectivity index (χ0) is 12.2. The Kier molecular flexibility index (Phi) is 4.78. The molecule has 2 atom stereocenters. The molecule has 0 saturated heterocycles. The first kappa shape index (κ1) is 13.5. The van der Waals surface area contributed by atoms with Gasteiger partial charge in [-0.1, -0.05) is 26.7 Å². The van der Waals surface area contributed by atoms with Gasteiger partial charge in [0, 0.05) is 12.0 Å². The van der Waals surface area contributed by atoms with Gasteiger partial charge in [-0.3, -0.25) is 4.79 Å². The highest BCUT2D eigenvalue weighted by atomic mass is 16.2. The van der Waals surface area contributed by atoms with E-state index in [9.17, 15) is 4.79 Å². The molecule has 0 radical (unpaired) electrons. The van der Waals surface area contributed by atoms with Gasteiger partial charge < -0.3 is 11.1 Å². The van der Waals surface area contributed by atoms with Crippen LogP contribution in [0.3, 0.4) is 0 Å². The van der Waals surface area contributed by atoms with E-state index < -0.39 is 0 Å². The van der Waals surface area contributed by atoms with Gasteiger partial charge in [-0.25, -0.2) is 0 Å². The van der Waals surface area contributed by atoms with E-state index in [1.165, 1.54) is 12.8 Å². The van der Waals surface area contributed by atoms with Crippen molar-refractivity contribution in [2.75, 3.05) is 6.54 Å². The molecule has 1 amide bonds. The standard InChI is InChI=1S/C13H26N2O/c1-10(7-9-14)15-12(16)11-6-4-5-8-13(11,2)3/h10-11H,4-9,14H2,1-3H3,(H,15,16). The van der Waals surface area contributed by atoms with Gasteiger partial charge in [0.15, 0.2) is 0 Å². The SMILES string of the molecule is CC(CCN)NC(=O)C1CCCCC1(C)C. The van der Waals surface area contributed by atoms with Crippen molar-refractivity contribution < 1.29 is 4.79 Å². The van der Waals surface area contributed by atoms with Crippen LogP contribution in [0.5, 0.6) is 0 Å². The van der Waals surface area contributed by atoms with Crippen LogP contribution >= 0.6 is 0 Å². The smallest absolute Gasteiger partial charge is 0.223 e. The van der Waals surface area contributed by atoms with Gasteiger partial charge in [0.25, 0.3) is 0 Å². The molecule has 1 aliphatic rings. The molecule has 0 heterocycles. The molecule has 1 saturated carbocycles. The fourth-order valence-corrected chi connectivity index (χ4v) is 2.65. The van der Waals surface area contributed by atoms with Gasteiger partial charge in [-0.15, -0.1) is 0 Å². The second-order valence-corrected chi connectivity index (χ2v) is 5.77. The fraction of sp³-hybridized carbons (Fsp3) is 0.923. The lowest BCUT2D eigenvalue weighted by atomic mass is 9.68. The summed E-state index contributed by atoms with van der Waals surface area (Å²) in [6.45, 7) is 7.09. The van der Waals surface area contributed by atoms with E-state index in [0.29, 0.717) is 6.54 Å². The summed E-state index contributed by atoms with van der Waals surface area (Å²) in [5.74, 6) is 0.409. The highest BCUT2D eigenvalue weighted by molar-refractivity contribution is 5.79. The van der Waals surface area contributed by atoms with Crippen molar-refractivity contribution in [3.8, 4) is 0 Å². The van der Waals surface area contributed by atoms with Gasteiger partial charge in [0.2, 0.25) is 5.91 Å². The van der Waals surface area contributed by atoms with Crippen molar-refractivity contribution in [3.63, 3.8) is 0 Å². The lowest BCUT2D eigenvalue weighted by molar-refractivity contribution is -0.130. The molecule has 16 heavy (non-hydrogen) atoms. The third-order valence-corrected chi connectivity index (χ3v) is 3.81. The molecule has 0 spiro atoms. The van der Waals surface area contributed by atoms with Crippen molar-refractivity contribution in [1.82, 2.24) is 5.32 Å². The highest BCUT2D eigenvalue weighted by Crippen LogP contribution is 2.40. The summed E-state index contributed by atoms with van der Waals surface area (Å²) in [5, 5.41) is 3.09.